The third-order valence-electron chi connectivity index (χ3n) is 2.82. The topological polar surface area (TPSA) is 54.7 Å². The maximum Gasteiger partial charge on any atom is 0.416 e. The number of aromatic amines is 1. The Morgan fingerprint density at radius 3 is 2.28 bits per heavy atom. The second-order valence-corrected chi connectivity index (χ2v) is 4.09. The molecule has 0 saturated heterocycles. The number of halogens is 3. The fourth-order valence-corrected chi connectivity index (χ4v) is 1.72. The Kier molecular flexibility index (Phi) is 3.02. The molecule has 1 aromatic carbocycles. The summed E-state index contributed by atoms with van der Waals surface area (Å²) in [5.74, 6) is 0.279. The van der Waals surface area contributed by atoms with Crippen LogP contribution in [0.2, 0.25) is 0 Å². The van der Waals surface area contributed by atoms with E-state index in [0.717, 1.165) is 23.4 Å². The number of nitrogen functional groups attached to an aromatic ring is 1. The van der Waals surface area contributed by atoms with Gasteiger partial charge in [-0.3, -0.25) is 5.10 Å². The minimum absolute atomic E-state index is 0.0860. The molecule has 0 aliphatic heterocycles. The van der Waals surface area contributed by atoms with Gasteiger partial charge in [-0.25, -0.2) is 0 Å². The zero-order chi connectivity index (χ0) is 13.3. The van der Waals surface area contributed by atoms with Gasteiger partial charge in [0, 0.05) is 17.7 Å². The normalized spacial score (nSPS) is 13.6. The molecule has 2 rings (SSSR count). The van der Waals surface area contributed by atoms with Gasteiger partial charge >= 0.3 is 6.18 Å². The SMILES string of the molecule is CC(c1ccc(C(F)(F)F)cc1)c1cc(N)n[nH]1. The van der Waals surface area contributed by atoms with Crippen molar-refractivity contribution in [2.45, 2.75) is 19.0 Å². The molecule has 96 valence electrons. The number of benzene rings is 1. The fourth-order valence-electron chi connectivity index (χ4n) is 1.72. The largest absolute Gasteiger partial charge is 0.416 e. The number of aromatic nitrogens is 2. The summed E-state index contributed by atoms with van der Waals surface area (Å²) in [6.45, 7) is 1.87. The van der Waals surface area contributed by atoms with Crippen molar-refractivity contribution in [2.24, 2.45) is 0 Å². The van der Waals surface area contributed by atoms with Gasteiger partial charge in [-0.15, -0.1) is 0 Å². The zero-order valence-corrected chi connectivity index (χ0v) is 9.62. The first-order valence-corrected chi connectivity index (χ1v) is 5.36. The van der Waals surface area contributed by atoms with Crippen LogP contribution in [0, 0.1) is 0 Å². The number of nitrogens with one attached hydrogen (secondary N) is 1. The molecule has 1 aromatic heterocycles. The van der Waals surface area contributed by atoms with E-state index in [1.54, 1.807) is 6.07 Å². The Balaban J connectivity index is 2.24. The minimum atomic E-state index is -4.31. The lowest BCUT2D eigenvalue weighted by Crippen LogP contribution is -2.05. The summed E-state index contributed by atoms with van der Waals surface area (Å²) in [6.07, 6.45) is -4.31. The summed E-state index contributed by atoms with van der Waals surface area (Å²) in [4.78, 5) is 0. The number of rotatable bonds is 2. The summed E-state index contributed by atoms with van der Waals surface area (Å²) in [5, 5.41) is 6.54. The van der Waals surface area contributed by atoms with Gasteiger partial charge in [0.2, 0.25) is 0 Å². The van der Waals surface area contributed by atoms with Crippen LogP contribution < -0.4 is 5.73 Å². The summed E-state index contributed by atoms with van der Waals surface area (Å²) in [7, 11) is 0. The molecular formula is C12H12F3N3. The lowest BCUT2D eigenvalue weighted by atomic mass is 9.97. The van der Waals surface area contributed by atoms with E-state index >= 15 is 0 Å². The molecule has 0 amide bonds. The van der Waals surface area contributed by atoms with E-state index in [2.05, 4.69) is 10.2 Å². The maximum absolute atomic E-state index is 12.4. The van der Waals surface area contributed by atoms with Crippen LogP contribution in [0.3, 0.4) is 0 Å². The van der Waals surface area contributed by atoms with Crippen LogP contribution in [0.5, 0.6) is 0 Å². The first-order valence-electron chi connectivity index (χ1n) is 5.36. The molecule has 1 unspecified atom stereocenters. The van der Waals surface area contributed by atoms with E-state index in [0.29, 0.717) is 5.82 Å². The summed E-state index contributed by atoms with van der Waals surface area (Å²) < 4.78 is 37.2. The molecule has 0 radical (unpaired) electrons. The van der Waals surface area contributed by atoms with Crippen molar-refractivity contribution in [3.63, 3.8) is 0 Å². The molecule has 1 heterocycles. The van der Waals surface area contributed by atoms with Crippen molar-refractivity contribution in [1.29, 1.82) is 0 Å². The van der Waals surface area contributed by atoms with Crippen LogP contribution >= 0.6 is 0 Å². The van der Waals surface area contributed by atoms with E-state index in [9.17, 15) is 13.2 Å². The number of anilines is 1. The van der Waals surface area contributed by atoms with Gasteiger partial charge in [-0.1, -0.05) is 19.1 Å². The average Bonchev–Trinajstić information content (AvgIpc) is 2.74. The molecule has 18 heavy (non-hydrogen) atoms. The average molecular weight is 255 g/mol. The molecule has 3 N–H and O–H groups in total. The molecule has 0 aliphatic carbocycles. The van der Waals surface area contributed by atoms with Crippen molar-refractivity contribution in [3.8, 4) is 0 Å². The predicted octanol–water partition coefficient (Wildman–Crippen LogP) is 3.16. The van der Waals surface area contributed by atoms with Crippen molar-refractivity contribution >= 4 is 5.82 Å². The number of hydrogen-bond acceptors (Lipinski definition) is 2. The van der Waals surface area contributed by atoms with Crippen LogP contribution in [-0.4, -0.2) is 10.2 Å². The zero-order valence-electron chi connectivity index (χ0n) is 9.62. The lowest BCUT2D eigenvalue weighted by molar-refractivity contribution is -0.137. The van der Waals surface area contributed by atoms with Gasteiger partial charge in [-0.05, 0) is 17.7 Å². The van der Waals surface area contributed by atoms with Crippen molar-refractivity contribution < 1.29 is 13.2 Å². The first-order chi connectivity index (χ1) is 8.38. The van der Waals surface area contributed by atoms with Crippen molar-refractivity contribution in [2.75, 3.05) is 5.73 Å². The number of nitrogens with zero attached hydrogens (tertiary/aromatic N) is 1. The van der Waals surface area contributed by atoms with Crippen LogP contribution in [0.4, 0.5) is 19.0 Å². The van der Waals surface area contributed by atoms with Gasteiger partial charge in [0.15, 0.2) is 0 Å². The number of H-pyrrole nitrogens is 1. The van der Waals surface area contributed by atoms with Gasteiger partial charge in [0.1, 0.15) is 5.82 Å². The highest BCUT2D eigenvalue weighted by atomic mass is 19.4. The van der Waals surface area contributed by atoms with E-state index < -0.39 is 11.7 Å². The number of alkyl halides is 3. The van der Waals surface area contributed by atoms with Crippen LogP contribution in [-0.2, 0) is 6.18 Å². The Morgan fingerprint density at radius 2 is 1.83 bits per heavy atom. The smallest absolute Gasteiger partial charge is 0.382 e. The molecule has 0 spiro atoms. The first kappa shape index (κ1) is 12.5. The molecule has 1 atom stereocenters. The molecule has 0 aliphatic rings. The van der Waals surface area contributed by atoms with E-state index in [-0.39, 0.29) is 5.92 Å². The van der Waals surface area contributed by atoms with Gasteiger partial charge < -0.3 is 5.73 Å². The van der Waals surface area contributed by atoms with E-state index in [4.69, 9.17) is 5.73 Å². The minimum Gasteiger partial charge on any atom is -0.382 e. The Morgan fingerprint density at radius 1 is 1.22 bits per heavy atom. The second-order valence-electron chi connectivity index (χ2n) is 4.09. The molecule has 0 saturated carbocycles. The number of nitrogens with two attached hydrogens (primary N) is 1. The quantitative estimate of drug-likeness (QED) is 0.866. The lowest BCUT2D eigenvalue weighted by Gasteiger charge is -2.11. The highest BCUT2D eigenvalue weighted by Crippen LogP contribution is 2.31. The number of hydrogen-bond donors (Lipinski definition) is 2. The second kappa shape index (κ2) is 4.36. The Labute approximate surface area is 102 Å². The monoisotopic (exact) mass is 255 g/mol. The highest BCUT2D eigenvalue weighted by Gasteiger charge is 2.30. The van der Waals surface area contributed by atoms with Gasteiger partial charge in [0.05, 0.1) is 5.56 Å². The summed E-state index contributed by atoms with van der Waals surface area (Å²) in [5.41, 5.74) is 6.37. The molecule has 3 nitrogen and oxygen atoms in total. The molecule has 0 fully saturated rings. The fraction of sp³-hybridized carbons (Fsp3) is 0.250. The standard InChI is InChI=1S/C12H12F3N3/c1-7(10-6-11(16)18-17-10)8-2-4-9(5-3-8)12(13,14)15/h2-7H,1H3,(H3,16,17,18). The van der Waals surface area contributed by atoms with Gasteiger partial charge in [-0.2, -0.15) is 18.3 Å². The molecule has 6 heteroatoms. The molecule has 0 bridgehead atoms. The Hall–Kier alpha value is -1.98. The third-order valence-corrected chi connectivity index (χ3v) is 2.82. The van der Waals surface area contributed by atoms with Crippen LogP contribution in [0.1, 0.15) is 29.7 Å². The summed E-state index contributed by atoms with van der Waals surface area (Å²) >= 11 is 0. The predicted molar refractivity (Wildman–Crippen MR) is 62.0 cm³/mol. The summed E-state index contributed by atoms with van der Waals surface area (Å²) in [6, 6.07) is 6.74. The Bertz CT molecular complexity index is 528. The van der Waals surface area contributed by atoms with Crippen LogP contribution in [0.15, 0.2) is 30.3 Å². The highest BCUT2D eigenvalue weighted by molar-refractivity contribution is 5.36. The van der Waals surface area contributed by atoms with Crippen molar-refractivity contribution in [1.82, 2.24) is 10.2 Å². The van der Waals surface area contributed by atoms with Gasteiger partial charge in [0.25, 0.3) is 0 Å². The third kappa shape index (κ3) is 2.47. The molecule has 2 aromatic rings. The van der Waals surface area contributed by atoms with E-state index in [1.807, 2.05) is 6.92 Å². The maximum atomic E-state index is 12.4. The van der Waals surface area contributed by atoms with Crippen molar-refractivity contribution in [3.05, 3.63) is 47.2 Å². The van der Waals surface area contributed by atoms with Crippen LogP contribution in [0.25, 0.3) is 0 Å². The molecular weight excluding hydrogens is 243 g/mol. The van der Waals surface area contributed by atoms with E-state index in [1.165, 1.54) is 12.1 Å².